The summed E-state index contributed by atoms with van der Waals surface area (Å²) in [6.45, 7) is 0. The zero-order chi connectivity index (χ0) is 33.0. The van der Waals surface area contributed by atoms with Crippen LogP contribution in [-0.2, 0) is 0 Å². The molecule has 0 atom stereocenters. The van der Waals surface area contributed by atoms with Gasteiger partial charge in [-0.05, 0) is 58.3 Å². The highest BCUT2D eigenvalue weighted by Crippen LogP contribution is 2.42. The molecule has 0 radical (unpaired) electrons. The standard InChI is InChI=1S/C44H26N4O2/c1-4-14-27(15-5-1)34-25-31(24-30-20-10-11-21-32(30)34)42-46-41(28-16-6-2-7-17-28)47-43(48-42)38-39-37(50-44(45-39)29-18-8-3-9-19-29)26-35-33-22-12-13-23-36(33)49-40(35)38/h1-26H. The van der Waals surface area contributed by atoms with Gasteiger partial charge < -0.3 is 8.83 Å². The number of benzene rings is 7. The van der Waals surface area contributed by atoms with Gasteiger partial charge in [-0.25, -0.2) is 19.9 Å². The van der Waals surface area contributed by atoms with Crippen LogP contribution in [0.4, 0.5) is 0 Å². The number of hydrogen-bond acceptors (Lipinski definition) is 6. The Morgan fingerprint density at radius 1 is 0.380 bits per heavy atom. The molecule has 10 aromatic rings. The Morgan fingerprint density at radius 2 is 0.980 bits per heavy atom. The molecule has 0 fully saturated rings. The summed E-state index contributed by atoms with van der Waals surface area (Å²) in [4.78, 5) is 20.5. The van der Waals surface area contributed by atoms with Crippen molar-refractivity contribution < 1.29 is 8.83 Å². The molecule has 6 heteroatoms. The van der Waals surface area contributed by atoms with Gasteiger partial charge in [0.05, 0.1) is 5.56 Å². The molecular weight excluding hydrogens is 617 g/mol. The molecule has 0 saturated heterocycles. The highest BCUT2D eigenvalue weighted by atomic mass is 16.4. The topological polar surface area (TPSA) is 77.8 Å². The van der Waals surface area contributed by atoms with Gasteiger partial charge in [0.1, 0.15) is 16.7 Å². The van der Waals surface area contributed by atoms with E-state index in [0.29, 0.717) is 45.6 Å². The Morgan fingerprint density at radius 3 is 1.74 bits per heavy atom. The maximum atomic E-state index is 6.60. The fourth-order valence-electron chi connectivity index (χ4n) is 6.78. The van der Waals surface area contributed by atoms with Crippen LogP contribution in [-0.4, -0.2) is 19.9 Å². The highest BCUT2D eigenvalue weighted by molar-refractivity contribution is 6.16. The average Bonchev–Trinajstić information content (AvgIpc) is 3.79. The third-order valence-corrected chi connectivity index (χ3v) is 9.14. The summed E-state index contributed by atoms with van der Waals surface area (Å²) in [7, 11) is 0. The lowest BCUT2D eigenvalue weighted by atomic mass is 9.95. The zero-order valence-corrected chi connectivity index (χ0v) is 26.6. The first-order valence-electron chi connectivity index (χ1n) is 16.5. The van der Waals surface area contributed by atoms with Crippen LogP contribution >= 0.6 is 0 Å². The number of furan rings is 1. The van der Waals surface area contributed by atoms with Gasteiger partial charge in [0.25, 0.3) is 0 Å². The number of hydrogen-bond donors (Lipinski definition) is 0. The van der Waals surface area contributed by atoms with Crippen molar-refractivity contribution in [1.29, 1.82) is 0 Å². The molecule has 0 aliphatic rings. The van der Waals surface area contributed by atoms with Crippen LogP contribution in [0.2, 0.25) is 0 Å². The van der Waals surface area contributed by atoms with E-state index in [-0.39, 0.29) is 0 Å². The van der Waals surface area contributed by atoms with Crippen molar-refractivity contribution >= 4 is 43.8 Å². The molecule has 0 unspecified atom stereocenters. The van der Waals surface area contributed by atoms with Crippen LogP contribution in [0.1, 0.15) is 0 Å². The van der Waals surface area contributed by atoms with Crippen molar-refractivity contribution in [3.05, 3.63) is 158 Å². The fourth-order valence-corrected chi connectivity index (χ4v) is 6.78. The summed E-state index contributed by atoms with van der Waals surface area (Å²) in [5.41, 5.74) is 8.16. The Labute approximate surface area is 286 Å². The molecule has 0 N–H and O–H groups in total. The molecule has 0 aliphatic heterocycles. The molecule has 50 heavy (non-hydrogen) atoms. The van der Waals surface area contributed by atoms with Gasteiger partial charge in [-0.3, -0.25) is 0 Å². The van der Waals surface area contributed by atoms with E-state index in [1.165, 1.54) is 0 Å². The molecule has 10 rings (SSSR count). The van der Waals surface area contributed by atoms with Gasteiger partial charge in [-0.15, -0.1) is 0 Å². The van der Waals surface area contributed by atoms with Crippen LogP contribution in [0.15, 0.2) is 167 Å². The summed E-state index contributed by atoms with van der Waals surface area (Å²) >= 11 is 0. The maximum absolute atomic E-state index is 6.60. The molecule has 0 bridgehead atoms. The van der Waals surface area contributed by atoms with Gasteiger partial charge in [-0.2, -0.15) is 0 Å². The van der Waals surface area contributed by atoms with Gasteiger partial charge >= 0.3 is 0 Å². The van der Waals surface area contributed by atoms with Crippen molar-refractivity contribution in [3.8, 4) is 56.7 Å². The van der Waals surface area contributed by atoms with Crippen LogP contribution < -0.4 is 0 Å². The van der Waals surface area contributed by atoms with Gasteiger partial charge in [0.2, 0.25) is 5.89 Å². The summed E-state index contributed by atoms with van der Waals surface area (Å²) < 4.78 is 13.1. The SMILES string of the molecule is c1ccc(-c2nc(-c3cc(-c4ccccc4)c4ccccc4c3)nc(-c3c4nc(-c5ccccc5)oc4cc4c3oc3ccccc34)n2)cc1. The molecule has 0 aliphatic carbocycles. The van der Waals surface area contributed by atoms with Crippen LogP contribution in [0.25, 0.3) is 101 Å². The Bertz CT molecular complexity index is 2860. The molecule has 0 amide bonds. The van der Waals surface area contributed by atoms with Gasteiger partial charge in [-0.1, -0.05) is 121 Å². The predicted octanol–water partition coefficient (Wildman–Crippen LogP) is 11.4. The summed E-state index contributed by atoms with van der Waals surface area (Å²) in [6, 6.07) is 53.1. The smallest absolute Gasteiger partial charge is 0.227 e. The second-order valence-electron chi connectivity index (χ2n) is 12.2. The minimum atomic E-state index is 0.450. The largest absolute Gasteiger partial charge is 0.455 e. The van der Waals surface area contributed by atoms with Crippen molar-refractivity contribution in [3.63, 3.8) is 0 Å². The van der Waals surface area contributed by atoms with Gasteiger partial charge in [0.15, 0.2) is 23.1 Å². The summed E-state index contributed by atoms with van der Waals surface area (Å²) in [5.74, 6) is 2.06. The van der Waals surface area contributed by atoms with E-state index in [2.05, 4.69) is 66.7 Å². The molecule has 7 aromatic carbocycles. The third-order valence-electron chi connectivity index (χ3n) is 9.14. The summed E-state index contributed by atoms with van der Waals surface area (Å²) in [6.07, 6.45) is 0. The van der Waals surface area contributed by atoms with Crippen molar-refractivity contribution in [2.75, 3.05) is 0 Å². The van der Waals surface area contributed by atoms with Crippen LogP contribution in [0, 0.1) is 0 Å². The quantitative estimate of drug-likeness (QED) is 0.186. The predicted molar refractivity (Wildman–Crippen MR) is 199 cm³/mol. The minimum absolute atomic E-state index is 0.450. The lowest BCUT2D eigenvalue weighted by molar-refractivity contribution is 0.620. The number of oxazole rings is 1. The van der Waals surface area contributed by atoms with E-state index in [0.717, 1.165) is 54.9 Å². The Hall–Kier alpha value is -6.92. The van der Waals surface area contributed by atoms with Crippen molar-refractivity contribution in [2.24, 2.45) is 0 Å². The molecular formula is C44H26N4O2. The van der Waals surface area contributed by atoms with E-state index in [1.54, 1.807) is 0 Å². The second-order valence-corrected chi connectivity index (χ2v) is 12.2. The van der Waals surface area contributed by atoms with Crippen LogP contribution in [0.3, 0.4) is 0 Å². The lowest BCUT2D eigenvalue weighted by Crippen LogP contribution is -2.01. The molecule has 234 valence electrons. The normalized spacial score (nSPS) is 11.6. The molecule has 0 saturated carbocycles. The minimum Gasteiger partial charge on any atom is -0.455 e. The number of fused-ring (bicyclic) bond motifs is 5. The maximum Gasteiger partial charge on any atom is 0.227 e. The first-order valence-corrected chi connectivity index (χ1v) is 16.5. The van der Waals surface area contributed by atoms with Gasteiger partial charge in [0, 0.05) is 27.5 Å². The Kier molecular flexibility index (Phi) is 6.39. The second kappa shape index (κ2) is 11.4. The molecule has 0 spiro atoms. The average molecular weight is 643 g/mol. The Balaban J connectivity index is 1.29. The van der Waals surface area contributed by atoms with Crippen molar-refractivity contribution in [1.82, 2.24) is 19.9 Å². The monoisotopic (exact) mass is 642 g/mol. The highest BCUT2D eigenvalue weighted by Gasteiger charge is 2.25. The lowest BCUT2D eigenvalue weighted by Gasteiger charge is -2.12. The molecule has 6 nitrogen and oxygen atoms in total. The van der Waals surface area contributed by atoms with E-state index >= 15 is 0 Å². The number of para-hydroxylation sites is 1. The molecule has 3 aromatic heterocycles. The van der Waals surface area contributed by atoms with E-state index in [4.69, 9.17) is 28.8 Å². The van der Waals surface area contributed by atoms with E-state index < -0.39 is 0 Å². The first-order chi connectivity index (χ1) is 24.8. The van der Waals surface area contributed by atoms with E-state index in [1.807, 2.05) is 91.0 Å². The zero-order valence-electron chi connectivity index (χ0n) is 26.6. The number of nitrogens with zero attached hydrogens (tertiary/aromatic N) is 4. The number of aromatic nitrogens is 4. The van der Waals surface area contributed by atoms with E-state index in [9.17, 15) is 0 Å². The van der Waals surface area contributed by atoms with Crippen molar-refractivity contribution in [2.45, 2.75) is 0 Å². The molecule has 3 heterocycles. The summed E-state index contributed by atoms with van der Waals surface area (Å²) in [5, 5.41) is 4.13. The number of rotatable bonds is 5. The first kappa shape index (κ1) is 28.1. The van der Waals surface area contributed by atoms with Crippen LogP contribution in [0.5, 0.6) is 0 Å². The third kappa shape index (κ3) is 4.65. The fraction of sp³-hybridized carbons (Fsp3) is 0.